The lowest BCUT2D eigenvalue weighted by Gasteiger charge is -2.30. The molecule has 0 saturated heterocycles. The van der Waals surface area contributed by atoms with Crippen LogP contribution in [0.2, 0.25) is 5.02 Å². The van der Waals surface area contributed by atoms with E-state index in [9.17, 15) is 9.59 Å². The normalized spacial score (nSPS) is 14.6. The molecular weight excluding hydrogens is 460 g/mol. The zero-order chi connectivity index (χ0) is 25.0. The van der Waals surface area contributed by atoms with E-state index >= 15 is 0 Å². The highest BCUT2D eigenvalue weighted by molar-refractivity contribution is 6.30. The van der Waals surface area contributed by atoms with Crippen molar-refractivity contribution >= 4 is 29.2 Å². The number of carboxylic acid groups (broad SMARTS) is 1. The van der Waals surface area contributed by atoms with E-state index in [4.69, 9.17) is 16.7 Å². The van der Waals surface area contributed by atoms with Crippen LogP contribution in [0.25, 0.3) is 11.1 Å². The van der Waals surface area contributed by atoms with Crippen LogP contribution in [0.15, 0.2) is 54.9 Å². The molecule has 0 bridgehead atoms. The van der Waals surface area contributed by atoms with Crippen molar-refractivity contribution < 1.29 is 14.7 Å². The summed E-state index contributed by atoms with van der Waals surface area (Å²) in [6.45, 7) is 4.03. The van der Waals surface area contributed by atoms with Gasteiger partial charge in [-0.2, -0.15) is 0 Å². The van der Waals surface area contributed by atoms with Crippen LogP contribution in [0.5, 0.6) is 0 Å². The number of aromatic nitrogens is 1. The van der Waals surface area contributed by atoms with Crippen LogP contribution in [0, 0.1) is 13.8 Å². The number of pyridine rings is 1. The Balaban J connectivity index is 1.54. The maximum absolute atomic E-state index is 13.3. The highest BCUT2D eigenvalue weighted by Crippen LogP contribution is 2.45. The quantitative estimate of drug-likeness (QED) is 0.361. The molecule has 0 unspecified atom stereocenters. The van der Waals surface area contributed by atoms with E-state index < -0.39 is 5.97 Å². The predicted molar refractivity (Wildman–Crippen MR) is 140 cm³/mol. The lowest BCUT2D eigenvalue weighted by Crippen LogP contribution is -2.29. The first kappa shape index (κ1) is 24.9. The van der Waals surface area contributed by atoms with Crippen LogP contribution in [-0.2, 0) is 21.4 Å². The molecule has 2 N–H and O–H groups in total. The Hall–Kier alpha value is -3.18. The van der Waals surface area contributed by atoms with Gasteiger partial charge < -0.3 is 10.4 Å². The first-order chi connectivity index (χ1) is 16.8. The molecule has 0 spiro atoms. The molecule has 0 radical (unpaired) electrons. The molecule has 1 heterocycles. The van der Waals surface area contributed by atoms with Crippen molar-refractivity contribution in [3.63, 3.8) is 0 Å². The summed E-state index contributed by atoms with van der Waals surface area (Å²) < 4.78 is 0. The summed E-state index contributed by atoms with van der Waals surface area (Å²) in [6.07, 6.45) is 8.56. The molecule has 1 fully saturated rings. The Kier molecular flexibility index (Phi) is 7.56. The van der Waals surface area contributed by atoms with Crippen molar-refractivity contribution in [2.24, 2.45) is 0 Å². The first-order valence-electron chi connectivity index (χ1n) is 12.1. The van der Waals surface area contributed by atoms with Crippen molar-refractivity contribution in [2.45, 2.75) is 64.2 Å². The number of nitrogens with one attached hydrogen (secondary N) is 1. The van der Waals surface area contributed by atoms with Gasteiger partial charge in [0.05, 0.1) is 5.02 Å². The Bertz CT molecular complexity index is 1250. The van der Waals surface area contributed by atoms with Crippen LogP contribution in [0.3, 0.4) is 0 Å². The standard InChI is InChI=1S/C29H31ClN2O3/c1-19-14-23(9-10-25(19)22-15-24(30)18-31-17-22)29(12-3-4-13-29)16-27(33)32-26-7-5-6-21(20(26)2)8-11-28(34)35/h5-7,9-10,14-15,17-18H,3-4,8,11-13,16H2,1-2H3,(H,32,33)(H,34,35). The number of nitrogens with zero attached hydrogens (tertiary/aromatic N) is 1. The van der Waals surface area contributed by atoms with Gasteiger partial charge in [-0.3, -0.25) is 14.6 Å². The molecule has 0 atom stereocenters. The molecule has 1 aliphatic carbocycles. The molecule has 3 aromatic rings. The van der Waals surface area contributed by atoms with Gasteiger partial charge in [0.1, 0.15) is 0 Å². The number of hydrogen-bond acceptors (Lipinski definition) is 3. The number of carbonyl (C=O) groups excluding carboxylic acids is 1. The van der Waals surface area contributed by atoms with Crippen molar-refractivity contribution in [1.29, 1.82) is 0 Å². The Labute approximate surface area is 211 Å². The van der Waals surface area contributed by atoms with Gasteiger partial charge >= 0.3 is 5.97 Å². The van der Waals surface area contributed by atoms with E-state index in [1.54, 1.807) is 6.20 Å². The van der Waals surface area contributed by atoms with E-state index in [2.05, 4.69) is 35.4 Å². The Morgan fingerprint density at radius 3 is 2.54 bits per heavy atom. The molecule has 4 rings (SSSR count). The predicted octanol–water partition coefficient (Wildman–Crippen LogP) is 6.88. The molecule has 2 aromatic carbocycles. The van der Waals surface area contributed by atoms with Gasteiger partial charge in [-0.15, -0.1) is 0 Å². The minimum atomic E-state index is -0.824. The fourth-order valence-electron chi connectivity index (χ4n) is 5.33. The maximum Gasteiger partial charge on any atom is 0.303 e. The summed E-state index contributed by atoms with van der Waals surface area (Å²) in [7, 11) is 0. The summed E-state index contributed by atoms with van der Waals surface area (Å²) in [5, 5.41) is 12.7. The summed E-state index contributed by atoms with van der Waals surface area (Å²) in [4.78, 5) is 28.4. The van der Waals surface area contributed by atoms with Gasteiger partial charge in [0.2, 0.25) is 5.91 Å². The maximum atomic E-state index is 13.3. The molecule has 0 aliphatic heterocycles. The first-order valence-corrected chi connectivity index (χ1v) is 12.5. The van der Waals surface area contributed by atoms with Gasteiger partial charge in [0.15, 0.2) is 0 Å². The van der Waals surface area contributed by atoms with Crippen LogP contribution in [-0.4, -0.2) is 22.0 Å². The SMILES string of the molecule is Cc1cc(C2(CC(=O)Nc3cccc(CCC(=O)O)c3C)CCCC2)ccc1-c1cncc(Cl)c1. The third kappa shape index (κ3) is 5.73. The van der Waals surface area contributed by atoms with E-state index in [0.717, 1.165) is 59.2 Å². The van der Waals surface area contributed by atoms with Gasteiger partial charge in [-0.05, 0) is 73.1 Å². The third-order valence-corrected chi connectivity index (χ3v) is 7.45. The second-order valence-electron chi connectivity index (χ2n) is 9.62. The number of halogens is 1. The molecule has 6 heteroatoms. The number of carboxylic acids is 1. The Morgan fingerprint density at radius 1 is 1.09 bits per heavy atom. The summed E-state index contributed by atoms with van der Waals surface area (Å²) in [5.41, 5.74) is 6.86. The number of carbonyl (C=O) groups is 2. The van der Waals surface area contributed by atoms with E-state index in [0.29, 0.717) is 17.9 Å². The van der Waals surface area contributed by atoms with Crippen molar-refractivity contribution in [3.05, 3.63) is 82.1 Å². The van der Waals surface area contributed by atoms with Gasteiger partial charge in [0, 0.05) is 41.9 Å². The van der Waals surface area contributed by atoms with Crippen molar-refractivity contribution in [1.82, 2.24) is 4.98 Å². The highest BCUT2D eigenvalue weighted by atomic mass is 35.5. The molecular formula is C29H31ClN2O3. The van der Waals surface area contributed by atoms with E-state index in [1.165, 1.54) is 5.56 Å². The van der Waals surface area contributed by atoms with E-state index in [-0.39, 0.29) is 17.7 Å². The van der Waals surface area contributed by atoms with Crippen LogP contribution in [0.4, 0.5) is 5.69 Å². The molecule has 1 aromatic heterocycles. The average Bonchev–Trinajstić information content (AvgIpc) is 3.29. The van der Waals surface area contributed by atoms with E-state index in [1.807, 2.05) is 37.4 Å². The van der Waals surface area contributed by atoms with Gasteiger partial charge in [-0.25, -0.2) is 0 Å². The van der Waals surface area contributed by atoms with Gasteiger partial charge in [-0.1, -0.05) is 54.8 Å². The number of anilines is 1. The largest absolute Gasteiger partial charge is 0.481 e. The highest BCUT2D eigenvalue weighted by Gasteiger charge is 2.38. The second kappa shape index (κ2) is 10.6. The number of aliphatic carboxylic acids is 1. The summed E-state index contributed by atoms with van der Waals surface area (Å²) in [6, 6.07) is 14.1. The number of amides is 1. The Morgan fingerprint density at radius 2 is 1.86 bits per heavy atom. The molecule has 1 amide bonds. The minimum Gasteiger partial charge on any atom is -0.481 e. The minimum absolute atomic E-state index is 0.00819. The van der Waals surface area contributed by atoms with Crippen LogP contribution >= 0.6 is 11.6 Å². The van der Waals surface area contributed by atoms with Crippen LogP contribution < -0.4 is 5.32 Å². The molecule has 182 valence electrons. The molecule has 5 nitrogen and oxygen atoms in total. The monoisotopic (exact) mass is 490 g/mol. The topological polar surface area (TPSA) is 79.3 Å². The number of aryl methyl sites for hydroxylation is 2. The summed E-state index contributed by atoms with van der Waals surface area (Å²) in [5.74, 6) is -0.832. The lowest BCUT2D eigenvalue weighted by atomic mass is 9.75. The molecule has 1 saturated carbocycles. The fraction of sp³-hybridized carbons (Fsp3) is 0.345. The summed E-state index contributed by atoms with van der Waals surface area (Å²) >= 11 is 6.15. The van der Waals surface area contributed by atoms with Gasteiger partial charge in [0.25, 0.3) is 0 Å². The number of benzene rings is 2. The average molecular weight is 491 g/mol. The lowest BCUT2D eigenvalue weighted by molar-refractivity contribution is -0.137. The molecule has 35 heavy (non-hydrogen) atoms. The zero-order valence-electron chi connectivity index (χ0n) is 20.2. The van der Waals surface area contributed by atoms with Crippen molar-refractivity contribution in [2.75, 3.05) is 5.32 Å². The number of rotatable bonds is 8. The van der Waals surface area contributed by atoms with Crippen molar-refractivity contribution in [3.8, 4) is 11.1 Å². The zero-order valence-corrected chi connectivity index (χ0v) is 21.0. The van der Waals surface area contributed by atoms with Crippen LogP contribution in [0.1, 0.15) is 60.8 Å². The third-order valence-electron chi connectivity index (χ3n) is 7.24. The molecule has 1 aliphatic rings. The second-order valence-corrected chi connectivity index (χ2v) is 10.1. The fourth-order valence-corrected chi connectivity index (χ4v) is 5.50. The smallest absolute Gasteiger partial charge is 0.303 e. The number of hydrogen-bond donors (Lipinski definition) is 2.